The molecule has 0 amide bonds. The molecule has 84 valence electrons. The minimum absolute atomic E-state index is 0.204. The van der Waals surface area contributed by atoms with E-state index in [1.165, 1.54) is 6.92 Å². The van der Waals surface area contributed by atoms with Crippen LogP contribution >= 0.6 is 0 Å². The van der Waals surface area contributed by atoms with Gasteiger partial charge in [0.1, 0.15) is 5.65 Å². The van der Waals surface area contributed by atoms with Gasteiger partial charge < -0.3 is 14.2 Å². The Hall–Kier alpha value is -1.88. The number of pyridine rings is 1. The number of hydrogen-bond donors (Lipinski definition) is 1. The first-order valence-corrected chi connectivity index (χ1v) is 4.94. The van der Waals surface area contributed by atoms with Gasteiger partial charge in [-0.25, -0.2) is 9.78 Å². The Balaban J connectivity index is 2.07. The summed E-state index contributed by atoms with van der Waals surface area (Å²) in [5, 5.41) is 8.65. The first-order valence-electron chi connectivity index (χ1n) is 4.94. The molecule has 0 bridgehead atoms. The summed E-state index contributed by atoms with van der Waals surface area (Å²) >= 11 is 0. The minimum atomic E-state index is -0.969. The molecule has 2 aromatic rings. The van der Waals surface area contributed by atoms with Crippen molar-refractivity contribution in [2.75, 3.05) is 0 Å². The predicted octanol–water partition coefficient (Wildman–Crippen LogP) is 1.32. The molecule has 5 heteroatoms. The van der Waals surface area contributed by atoms with Crippen LogP contribution in [0.25, 0.3) is 5.65 Å². The van der Waals surface area contributed by atoms with Crippen LogP contribution in [0.2, 0.25) is 0 Å². The zero-order valence-corrected chi connectivity index (χ0v) is 8.83. The summed E-state index contributed by atoms with van der Waals surface area (Å²) in [6, 6.07) is 5.68. The first-order chi connectivity index (χ1) is 7.66. The molecule has 0 aliphatic heterocycles. The summed E-state index contributed by atoms with van der Waals surface area (Å²) in [4.78, 5) is 14.8. The number of nitrogens with zero attached hydrogens (tertiary/aromatic N) is 2. The largest absolute Gasteiger partial charge is 0.479 e. The first kappa shape index (κ1) is 10.6. The molecule has 16 heavy (non-hydrogen) atoms. The average molecular weight is 220 g/mol. The van der Waals surface area contributed by atoms with Gasteiger partial charge in [0.2, 0.25) is 0 Å². The van der Waals surface area contributed by atoms with Crippen molar-refractivity contribution in [2.45, 2.75) is 19.6 Å². The van der Waals surface area contributed by atoms with Gasteiger partial charge in [-0.15, -0.1) is 0 Å². The second-order valence-electron chi connectivity index (χ2n) is 3.49. The van der Waals surface area contributed by atoms with Crippen molar-refractivity contribution in [3.8, 4) is 0 Å². The van der Waals surface area contributed by atoms with Crippen molar-refractivity contribution in [3.63, 3.8) is 0 Å². The molecule has 5 nitrogen and oxygen atoms in total. The third kappa shape index (κ3) is 2.20. The van der Waals surface area contributed by atoms with Gasteiger partial charge in [-0.1, -0.05) is 6.07 Å². The molecule has 1 N–H and O–H groups in total. The Kier molecular flexibility index (Phi) is 2.87. The van der Waals surface area contributed by atoms with E-state index in [1.807, 2.05) is 35.0 Å². The fourth-order valence-corrected chi connectivity index (χ4v) is 1.34. The number of carboxylic acid groups (broad SMARTS) is 1. The molecule has 0 saturated heterocycles. The quantitative estimate of drug-likeness (QED) is 0.844. The summed E-state index contributed by atoms with van der Waals surface area (Å²) < 4.78 is 7.01. The SMILES string of the molecule is CC(OCc1cn2ccccc2n1)C(=O)O. The van der Waals surface area contributed by atoms with E-state index in [-0.39, 0.29) is 6.61 Å². The maximum atomic E-state index is 10.5. The van der Waals surface area contributed by atoms with E-state index < -0.39 is 12.1 Å². The van der Waals surface area contributed by atoms with Gasteiger partial charge >= 0.3 is 5.97 Å². The number of carbonyl (C=O) groups is 1. The van der Waals surface area contributed by atoms with Gasteiger partial charge in [0.25, 0.3) is 0 Å². The van der Waals surface area contributed by atoms with E-state index in [0.717, 1.165) is 11.3 Å². The second kappa shape index (κ2) is 4.32. The van der Waals surface area contributed by atoms with Gasteiger partial charge in [-0.05, 0) is 19.1 Å². The molecule has 2 rings (SSSR count). The molecule has 0 aliphatic carbocycles. The van der Waals surface area contributed by atoms with Crippen LogP contribution in [-0.4, -0.2) is 26.6 Å². The van der Waals surface area contributed by atoms with E-state index in [4.69, 9.17) is 9.84 Å². The number of rotatable bonds is 4. The number of aromatic nitrogens is 2. The third-order valence-corrected chi connectivity index (χ3v) is 2.24. The van der Waals surface area contributed by atoms with Crippen LogP contribution in [0, 0.1) is 0 Å². The van der Waals surface area contributed by atoms with E-state index in [2.05, 4.69) is 4.98 Å². The fourth-order valence-electron chi connectivity index (χ4n) is 1.34. The van der Waals surface area contributed by atoms with Gasteiger partial charge in [0.05, 0.1) is 12.3 Å². The zero-order chi connectivity index (χ0) is 11.5. The van der Waals surface area contributed by atoms with Crippen LogP contribution in [0.1, 0.15) is 12.6 Å². The molecule has 1 unspecified atom stereocenters. The lowest BCUT2D eigenvalue weighted by Gasteiger charge is -2.05. The summed E-state index contributed by atoms with van der Waals surface area (Å²) in [5.41, 5.74) is 1.54. The molecule has 0 aromatic carbocycles. The fraction of sp³-hybridized carbons (Fsp3) is 0.273. The topological polar surface area (TPSA) is 63.8 Å². The van der Waals surface area contributed by atoms with Gasteiger partial charge in [-0.3, -0.25) is 0 Å². The highest BCUT2D eigenvalue weighted by molar-refractivity contribution is 5.71. The van der Waals surface area contributed by atoms with Crippen LogP contribution in [0.4, 0.5) is 0 Å². The maximum Gasteiger partial charge on any atom is 0.332 e. The van der Waals surface area contributed by atoms with Crippen molar-refractivity contribution in [1.29, 1.82) is 0 Å². The standard InChI is InChI=1S/C11H12N2O3/c1-8(11(14)15)16-7-9-6-13-5-3-2-4-10(13)12-9/h2-6,8H,7H2,1H3,(H,14,15). The van der Waals surface area contributed by atoms with Crippen molar-refractivity contribution < 1.29 is 14.6 Å². The van der Waals surface area contributed by atoms with Gasteiger partial charge in [0, 0.05) is 12.4 Å². The maximum absolute atomic E-state index is 10.5. The van der Waals surface area contributed by atoms with Crippen molar-refractivity contribution in [1.82, 2.24) is 9.38 Å². The Labute approximate surface area is 92.3 Å². The van der Waals surface area contributed by atoms with Crippen molar-refractivity contribution in [2.24, 2.45) is 0 Å². The molecule has 0 fully saturated rings. The number of imidazole rings is 1. The average Bonchev–Trinajstić information content (AvgIpc) is 2.68. The van der Waals surface area contributed by atoms with Crippen LogP contribution < -0.4 is 0 Å². The van der Waals surface area contributed by atoms with E-state index in [0.29, 0.717) is 0 Å². The third-order valence-electron chi connectivity index (χ3n) is 2.24. The Morgan fingerprint density at radius 2 is 2.44 bits per heavy atom. The van der Waals surface area contributed by atoms with E-state index >= 15 is 0 Å². The molecule has 0 aliphatic rings. The summed E-state index contributed by atoms with van der Waals surface area (Å²) in [5.74, 6) is -0.969. The zero-order valence-electron chi connectivity index (χ0n) is 8.83. The van der Waals surface area contributed by atoms with Crippen LogP contribution in [-0.2, 0) is 16.1 Å². The number of ether oxygens (including phenoxy) is 1. The lowest BCUT2D eigenvalue weighted by atomic mass is 10.4. The molecule has 0 radical (unpaired) electrons. The molecular formula is C11H12N2O3. The molecule has 0 saturated carbocycles. The Morgan fingerprint density at radius 3 is 3.12 bits per heavy atom. The molecular weight excluding hydrogens is 208 g/mol. The smallest absolute Gasteiger partial charge is 0.332 e. The second-order valence-corrected chi connectivity index (χ2v) is 3.49. The molecule has 1 atom stereocenters. The summed E-state index contributed by atoms with van der Waals surface area (Å²) in [6.07, 6.45) is 2.89. The summed E-state index contributed by atoms with van der Waals surface area (Å²) in [7, 11) is 0. The molecule has 0 spiro atoms. The van der Waals surface area contributed by atoms with Crippen LogP contribution in [0.15, 0.2) is 30.6 Å². The van der Waals surface area contributed by atoms with E-state index in [1.54, 1.807) is 0 Å². The highest BCUT2D eigenvalue weighted by Crippen LogP contribution is 2.06. The number of carboxylic acids is 1. The Morgan fingerprint density at radius 1 is 1.62 bits per heavy atom. The Bertz CT molecular complexity index is 474. The van der Waals surface area contributed by atoms with Gasteiger partial charge in [-0.2, -0.15) is 0 Å². The molecule has 2 heterocycles. The van der Waals surface area contributed by atoms with Crippen LogP contribution in [0.5, 0.6) is 0 Å². The highest BCUT2D eigenvalue weighted by Gasteiger charge is 2.11. The van der Waals surface area contributed by atoms with Crippen LogP contribution in [0.3, 0.4) is 0 Å². The summed E-state index contributed by atoms with van der Waals surface area (Å²) in [6.45, 7) is 1.70. The van der Waals surface area contributed by atoms with Crippen molar-refractivity contribution in [3.05, 3.63) is 36.3 Å². The normalized spacial score (nSPS) is 12.8. The molecule has 2 aromatic heterocycles. The van der Waals surface area contributed by atoms with E-state index in [9.17, 15) is 4.79 Å². The number of hydrogen-bond acceptors (Lipinski definition) is 3. The van der Waals surface area contributed by atoms with Crippen molar-refractivity contribution >= 4 is 11.6 Å². The number of fused-ring (bicyclic) bond motifs is 1. The lowest BCUT2D eigenvalue weighted by molar-refractivity contribution is -0.149. The monoisotopic (exact) mass is 220 g/mol. The lowest BCUT2D eigenvalue weighted by Crippen LogP contribution is -2.19. The number of aliphatic carboxylic acids is 1. The van der Waals surface area contributed by atoms with Gasteiger partial charge in [0.15, 0.2) is 6.10 Å². The predicted molar refractivity (Wildman–Crippen MR) is 57.1 cm³/mol. The minimum Gasteiger partial charge on any atom is -0.479 e. The highest BCUT2D eigenvalue weighted by atomic mass is 16.5.